The van der Waals surface area contributed by atoms with E-state index >= 15 is 0 Å². The largest absolute Gasteiger partial charge is 0.495 e. The molecule has 1 fully saturated rings. The quantitative estimate of drug-likeness (QED) is 0.491. The number of methoxy groups -OCH3 is 1. The molecule has 2 aromatic carbocycles. The first-order valence-corrected chi connectivity index (χ1v) is 10.3. The van der Waals surface area contributed by atoms with Gasteiger partial charge in [-0.25, -0.2) is 9.50 Å². The number of fused-ring (bicyclic) bond motifs is 1. The molecule has 0 amide bonds. The van der Waals surface area contributed by atoms with E-state index in [2.05, 4.69) is 33.0 Å². The molecule has 30 heavy (non-hydrogen) atoms. The third-order valence-corrected chi connectivity index (χ3v) is 5.73. The van der Waals surface area contributed by atoms with Gasteiger partial charge in [0.2, 0.25) is 0 Å². The van der Waals surface area contributed by atoms with Crippen LogP contribution in [0.2, 0.25) is 5.02 Å². The first-order valence-electron chi connectivity index (χ1n) is 9.96. The first-order chi connectivity index (χ1) is 14.7. The Hall–Kier alpha value is -3.25. The summed E-state index contributed by atoms with van der Waals surface area (Å²) in [5.74, 6) is 1.87. The van der Waals surface area contributed by atoms with Gasteiger partial charge in [0, 0.05) is 49.2 Å². The molecule has 0 N–H and O–H groups in total. The van der Waals surface area contributed by atoms with Crippen molar-refractivity contribution in [3.05, 3.63) is 72.0 Å². The molecule has 1 saturated heterocycles. The van der Waals surface area contributed by atoms with Crippen LogP contribution in [0.25, 0.3) is 16.8 Å². The molecular weight excluding hydrogens is 398 g/mol. The van der Waals surface area contributed by atoms with Crippen molar-refractivity contribution >= 4 is 28.6 Å². The number of hydrogen-bond donors (Lipinski definition) is 0. The molecule has 152 valence electrons. The molecule has 3 heterocycles. The maximum Gasteiger partial charge on any atom is 0.154 e. The van der Waals surface area contributed by atoms with Gasteiger partial charge in [-0.05, 0) is 30.3 Å². The summed E-state index contributed by atoms with van der Waals surface area (Å²) in [6.07, 6.45) is 3.70. The second kappa shape index (κ2) is 7.88. The number of anilines is 2. The van der Waals surface area contributed by atoms with Gasteiger partial charge < -0.3 is 14.5 Å². The highest BCUT2D eigenvalue weighted by Gasteiger charge is 2.22. The lowest BCUT2D eigenvalue weighted by molar-refractivity contribution is 0.413. The lowest BCUT2D eigenvalue weighted by atomic mass is 10.1. The van der Waals surface area contributed by atoms with E-state index in [0.717, 1.165) is 60.2 Å². The topological polar surface area (TPSA) is 45.9 Å². The number of nitrogens with zero attached hydrogens (tertiary/aromatic N) is 5. The summed E-state index contributed by atoms with van der Waals surface area (Å²) in [7, 11) is 1.72. The van der Waals surface area contributed by atoms with E-state index in [-0.39, 0.29) is 0 Å². The van der Waals surface area contributed by atoms with Crippen molar-refractivity contribution in [2.24, 2.45) is 0 Å². The Kier molecular flexibility index (Phi) is 4.93. The van der Waals surface area contributed by atoms with Crippen molar-refractivity contribution in [1.82, 2.24) is 14.6 Å². The van der Waals surface area contributed by atoms with Crippen molar-refractivity contribution in [3.63, 3.8) is 0 Å². The van der Waals surface area contributed by atoms with Crippen molar-refractivity contribution in [3.8, 4) is 17.0 Å². The molecule has 0 saturated carbocycles. The second-order valence-electron chi connectivity index (χ2n) is 7.27. The van der Waals surface area contributed by atoms with Crippen LogP contribution in [-0.4, -0.2) is 47.9 Å². The van der Waals surface area contributed by atoms with Gasteiger partial charge in [-0.1, -0.05) is 35.9 Å². The summed E-state index contributed by atoms with van der Waals surface area (Å²) in [4.78, 5) is 9.37. The molecule has 6 nitrogen and oxygen atoms in total. The molecule has 0 radical (unpaired) electrons. The molecule has 7 heteroatoms. The highest BCUT2D eigenvalue weighted by Crippen LogP contribution is 2.30. The average molecular weight is 420 g/mol. The van der Waals surface area contributed by atoms with Gasteiger partial charge in [0.15, 0.2) is 5.82 Å². The van der Waals surface area contributed by atoms with Gasteiger partial charge in [-0.3, -0.25) is 0 Å². The number of rotatable bonds is 4. The Labute approximate surface area is 180 Å². The van der Waals surface area contributed by atoms with Crippen LogP contribution in [0.1, 0.15) is 0 Å². The minimum Gasteiger partial charge on any atom is -0.495 e. The third kappa shape index (κ3) is 3.44. The van der Waals surface area contributed by atoms with E-state index < -0.39 is 0 Å². The molecule has 0 unspecified atom stereocenters. The fraction of sp³-hybridized carbons (Fsp3) is 0.217. The molecule has 0 aliphatic carbocycles. The van der Waals surface area contributed by atoms with Crippen LogP contribution in [0.4, 0.5) is 11.5 Å². The Morgan fingerprint density at radius 2 is 1.73 bits per heavy atom. The number of para-hydroxylation sites is 2. The van der Waals surface area contributed by atoms with E-state index in [4.69, 9.17) is 21.4 Å². The fourth-order valence-electron chi connectivity index (χ4n) is 3.99. The van der Waals surface area contributed by atoms with E-state index in [0.29, 0.717) is 5.02 Å². The smallest absolute Gasteiger partial charge is 0.154 e. The van der Waals surface area contributed by atoms with Crippen LogP contribution in [0.3, 0.4) is 0 Å². The molecule has 1 aliphatic heterocycles. The lowest BCUT2D eigenvalue weighted by Crippen LogP contribution is -2.47. The molecule has 0 atom stereocenters. The summed E-state index contributed by atoms with van der Waals surface area (Å²) >= 11 is 6.16. The zero-order chi connectivity index (χ0) is 20.5. The third-order valence-electron chi connectivity index (χ3n) is 5.49. The number of hydrogen-bond acceptors (Lipinski definition) is 5. The van der Waals surface area contributed by atoms with Crippen molar-refractivity contribution in [1.29, 1.82) is 0 Å². The standard InChI is InChI=1S/C23H22ClN5O/c1-30-22-8-3-2-7-20(22)27-11-13-28(14-12-27)23-21-16-19(26-29(21)10-9-25-23)17-5-4-6-18(24)15-17/h2-10,15-16H,11-14H2,1H3. The van der Waals surface area contributed by atoms with Gasteiger partial charge in [0.1, 0.15) is 11.3 Å². The van der Waals surface area contributed by atoms with E-state index in [9.17, 15) is 0 Å². The molecule has 5 rings (SSSR count). The molecule has 1 aliphatic rings. The highest BCUT2D eigenvalue weighted by molar-refractivity contribution is 6.30. The number of piperazine rings is 1. The van der Waals surface area contributed by atoms with Crippen molar-refractivity contribution in [2.75, 3.05) is 43.1 Å². The summed E-state index contributed by atoms with van der Waals surface area (Å²) < 4.78 is 7.43. The van der Waals surface area contributed by atoms with Gasteiger partial charge in [-0.15, -0.1) is 0 Å². The summed E-state index contributed by atoms with van der Waals surface area (Å²) in [6.45, 7) is 3.56. The average Bonchev–Trinajstić information content (AvgIpc) is 3.24. The van der Waals surface area contributed by atoms with Crippen molar-refractivity contribution < 1.29 is 4.74 Å². The maximum atomic E-state index is 6.16. The van der Waals surface area contributed by atoms with Gasteiger partial charge in [-0.2, -0.15) is 5.10 Å². The summed E-state index contributed by atoms with van der Waals surface area (Å²) in [6, 6.07) is 18.0. The fourth-order valence-corrected chi connectivity index (χ4v) is 4.18. The predicted octanol–water partition coefficient (Wildman–Crippen LogP) is 4.38. The summed E-state index contributed by atoms with van der Waals surface area (Å²) in [5, 5.41) is 5.43. The Balaban J connectivity index is 1.41. The van der Waals surface area contributed by atoms with Gasteiger partial charge in [0.05, 0.1) is 18.5 Å². The number of halogens is 1. The molecule has 0 spiro atoms. The van der Waals surface area contributed by atoms with Gasteiger partial charge in [0.25, 0.3) is 0 Å². The normalized spacial score (nSPS) is 14.3. The van der Waals surface area contributed by atoms with Crippen LogP contribution >= 0.6 is 11.6 Å². The maximum absolute atomic E-state index is 6.16. The summed E-state index contributed by atoms with van der Waals surface area (Å²) in [5.41, 5.74) is 4.02. The Bertz CT molecular complexity index is 1180. The lowest BCUT2D eigenvalue weighted by Gasteiger charge is -2.37. The number of ether oxygens (including phenoxy) is 1. The predicted molar refractivity (Wildman–Crippen MR) is 121 cm³/mol. The zero-order valence-corrected chi connectivity index (χ0v) is 17.5. The molecule has 2 aromatic heterocycles. The van der Waals surface area contributed by atoms with Crippen LogP contribution in [0.15, 0.2) is 67.0 Å². The van der Waals surface area contributed by atoms with E-state index in [1.807, 2.05) is 53.3 Å². The second-order valence-corrected chi connectivity index (χ2v) is 7.70. The number of aromatic nitrogens is 3. The molecular formula is C23H22ClN5O. The van der Waals surface area contributed by atoms with E-state index in [1.165, 1.54) is 0 Å². The van der Waals surface area contributed by atoms with Crippen molar-refractivity contribution in [2.45, 2.75) is 0 Å². The monoisotopic (exact) mass is 419 g/mol. The van der Waals surface area contributed by atoms with Crippen LogP contribution in [0.5, 0.6) is 5.75 Å². The van der Waals surface area contributed by atoms with Crippen LogP contribution in [-0.2, 0) is 0 Å². The zero-order valence-electron chi connectivity index (χ0n) is 16.7. The van der Waals surface area contributed by atoms with Gasteiger partial charge >= 0.3 is 0 Å². The minimum atomic E-state index is 0.704. The molecule has 0 bridgehead atoms. The Morgan fingerprint density at radius 3 is 2.53 bits per heavy atom. The van der Waals surface area contributed by atoms with E-state index in [1.54, 1.807) is 7.11 Å². The van der Waals surface area contributed by atoms with Crippen LogP contribution in [0, 0.1) is 0 Å². The first kappa shape index (κ1) is 18.8. The minimum absolute atomic E-state index is 0.704. The molecule has 4 aromatic rings. The number of benzene rings is 2. The SMILES string of the molecule is COc1ccccc1N1CCN(c2nccn3nc(-c4cccc(Cl)c4)cc23)CC1. The van der Waals surface area contributed by atoms with Crippen LogP contribution < -0.4 is 14.5 Å². The highest BCUT2D eigenvalue weighted by atomic mass is 35.5. The Morgan fingerprint density at radius 1 is 0.933 bits per heavy atom.